The van der Waals surface area contributed by atoms with Crippen molar-refractivity contribution in [2.45, 2.75) is 39.7 Å². The van der Waals surface area contributed by atoms with E-state index in [2.05, 4.69) is 15.9 Å². The van der Waals surface area contributed by atoms with Crippen LogP contribution in [0.3, 0.4) is 0 Å². The van der Waals surface area contributed by atoms with Crippen molar-refractivity contribution in [3.8, 4) is 0 Å². The molecule has 0 aliphatic carbocycles. The maximum absolute atomic E-state index is 11.9. The second kappa shape index (κ2) is 9.57. The van der Waals surface area contributed by atoms with Crippen molar-refractivity contribution in [1.29, 1.82) is 0 Å². The van der Waals surface area contributed by atoms with Crippen molar-refractivity contribution in [1.82, 2.24) is 15.6 Å². The molecule has 0 unspecified atom stereocenters. The van der Waals surface area contributed by atoms with E-state index in [9.17, 15) is 9.59 Å². The average Bonchev–Trinajstić information content (AvgIpc) is 3.07. The van der Waals surface area contributed by atoms with Crippen molar-refractivity contribution >= 4 is 29.4 Å². The molecule has 2 amide bonds. The van der Waals surface area contributed by atoms with Crippen LogP contribution in [0.1, 0.15) is 39.0 Å². The lowest BCUT2D eigenvalue weighted by atomic mass is 9.93. The zero-order valence-corrected chi connectivity index (χ0v) is 17.2. The number of ether oxygens (including phenoxy) is 1. The highest BCUT2D eigenvalue weighted by atomic mass is 35.5. The first-order valence-corrected chi connectivity index (χ1v) is 9.20. The molecule has 0 atom stereocenters. The van der Waals surface area contributed by atoms with E-state index < -0.39 is 6.09 Å². The highest BCUT2D eigenvalue weighted by molar-refractivity contribution is 6.31. The second-order valence-electron chi connectivity index (χ2n) is 7.18. The summed E-state index contributed by atoms with van der Waals surface area (Å²) < 4.78 is 10.3. The Hall–Kier alpha value is -2.58. The second-order valence-corrected chi connectivity index (χ2v) is 7.59. The topological polar surface area (TPSA) is 96.7 Å². The Morgan fingerprint density at radius 1 is 1.29 bits per heavy atom. The molecule has 0 fully saturated rings. The highest BCUT2D eigenvalue weighted by Crippen LogP contribution is 2.24. The van der Waals surface area contributed by atoms with E-state index in [0.717, 1.165) is 5.56 Å². The average molecular weight is 409 g/mol. The predicted octanol–water partition coefficient (Wildman–Crippen LogP) is 3.73. The number of nitrogens with one attached hydrogen (secondary N) is 2. The Morgan fingerprint density at radius 3 is 2.61 bits per heavy atom. The summed E-state index contributed by atoms with van der Waals surface area (Å²) in [4.78, 5) is 23.7. The van der Waals surface area contributed by atoms with Gasteiger partial charge in [0.15, 0.2) is 5.82 Å². The van der Waals surface area contributed by atoms with Gasteiger partial charge in [-0.3, -0.25) is 15.1 Å². The van der Waals surface area contributed by atoms with Gasteiger partial charge in [0, 0.05) is 30.0 Å². The molecule has 0 aliphatic heterocycles. The van der Waals surface area contributed by atoms with Gasteiger partial charge in [-0.25, -0.2) is 10.2 Å². The lowest BCUT2D eigenvalue weighted by Crippen LogP contribution is -2.43. The molecule has 8 nitrogen and oxygen atoms in total. The third kappa shape index (κ3) is 6.54. The molecule has 9 heteroatoms. The fourth-order valence-electron chi connectivity index (χ4n) is 2.23. The van der Waals surface area contributed by atoms with Gasteiger partial charge in [0.2, 0.25) is 5.91 Å². The highest BCUT2D eigenvalue weighted by Gasteiger charge is 2.20. The molecule has 28 heavy (non-hydrogen) atoms. The first kappa shape index (κ1) is 21.7. The van der Waals surface area contributed by atoms with Crippen LogP contribution in [0.2, 0.25) is 5.02 Å². The molecule has 0 saturated heterocycles. The minimum Gasteiger partial charge on any atom is -0.447 e. The van der Waals surface area contributed by atoms with Crippen LogP contribution in [0.15, 0.2) is 34.9 Å². The predicted molar refractivity (Wildman–Crippen MR) is 106 cm³/mol. The number of amides is 2. The third-order valence-electron chi connectivity index (χ3n) is 3.83. The third-order valence-corrected chi connectivity index (χ3v) is 4.19. The molecule has 0 bridgehead atoms. The van der Waals surface area contributed by atoms with Crippen LogP contribution < -0.4 is 10.7 Å². The number of halogens is 1. The lowest BCUT2D eigenvalue weighted by Gasteiger charge is -2.22. The van der Waals surface area contributed by atoms with Crippen LogP contribution >= 0.6 is 11.6 Å². The van der Waals surface area contributed by atoms with E-state index in [1.807, 2.05) is 39.0 Å². The molecule has 0 saturated carbocycles. The van der Waals surface area contributed by atoms with Crippen LogP contribution in [0.5, 0.6) is 0 Å². The molecular weight excluding hydrogens is 384 g/mol. The Kier molecular flexibility index (Phi) is 7.42. The monoisotopic (exact) mass is 408 g/mol. The van der Waals surface area contributed by atoms with Gasteiger partial charge in [0.25, 0.3) is 0 Å². The molecule has 0 radical (unpaired) electrons. The molecule has 1 aromatic heterocycles. The fraction of sp³-hybridized carbons (Fsp3) is 0.421. The van der Waals surface area contributed by atoms with E-state index in [1.165, 1.54) is 11.9 Å². The van der Waals surface area contributed by atoms with Crippen molar-refractivity contribution in [2.75, 3.05) is 18.5 Å². The van der Waals surface area contributed by atoms with E-state index in [4.69, 9.17) is 20.9 Å². The van der Waals surface area contributed by atoms with Gasteiger partial charge < -0.3 is 9.26 Å². The molecule has 1 aromatic carbocycles. The van der Waals surface area contributed by atoms with Gasteiger partial charge in [-0.15, -0.1) is 0 Å². The number of hydrogen-bond acceptors (Lipinski definition) is 6. The minimum atomic E-state index is -0.677. The Labute approximate surface area is 169 Å². The molecule has 0 aliphatic rings. The summed E-state index contributed by atoms with van der Waals surface area (Å²) in [5.41, 5.74) is 3.62. The van der Waals surface area contributed by atoms with Gasteiger partial charge in [0.05, 0.1) is 6.54 Å². The lowest BCUT2D eigenvalue weighted by molar-refractivity contribution is -0.132. The van der Waals surface area contributed by atoms with Crippen LogP contribution in [0.25, 0.3) is 0 Å². The van der Waals surface area contributed by atoms with Gasteiger partial charge in [-0.1, -0.05) is 55.7 Å². The molecule has 1 heterocycles. The normalized spacial score (nSPS) is 11.2. The summed E-state index contributed by atoms with van der Waals surface area (Å²) in [5.74, 6) is 0.715. The molecule has 0 spiro atoms. The number of benzene rings is 1. The Morgan fingerprint density at radius 2 is 2.00 bits per heavy atom. The van der Waals surface area contributed by atoms with Crippen LogP contribution in [0, 0.1) is 0 Å². The first-order chi connectivity index (χ1) is 13.2. The summed E-state index contributed by atoms with van der Waals surface area (Å²) in [6.45, 7) is 7.90. The number of carbonyl (C=O) groups excluding carboxylic acids is 2. The van der Waals surface area contributed by atoms with E-state index >= 15 is 0 Å². The number of anilines is 1. The number of hydrogen-bond donors (Lipinski definition) is 2. The van der Waals surface area contributed by atoms with E-state index in [1.54, 1.807) is 12.1 Å². The van der Waals surface area contributed by atoms with Gasteiger partial charge in [-0.2, -0.15) is 0 Å². The van der Waals surface area contributed by atoms with Gasteiger partial charge >= 0.3 is 6.09 Å². The van der Waals surface area contributed by atoms with Crippen molar-refractivity contribution in [3.63, 3.8) is 0 Å². The molecule has 2 aromatic rings. The first-order valence-electron chi connectivity index (χ1n) is 8.83. The number of hydrazine groups is 1. The minimum absolute atomic E-state index is 0.00488. The van der Waals surface area contributed by atoms with Crippen LogP contribution in [-0.2, 0) is 21.5 Å². The number of nitrogens with zero attached hydrogens (tertiary/aromatic N) is 2. The van der Waals surface area contributed by atoms with E-state index in [-0.39, 0.29) is 30.3 Å². The quantitative estimate of drug-likeness (QED) is 0.677. The maximum atomic E-state index is 11.9. The van der Waals surface area contributed by atoms with Crippen molar-refractivity contribution in [2.24, 2.45) is 0 Å². The zero-order chi connectivity index (χ0) is 20.7. The summed E-state index contributed by atoms with van der Waals surface area (Å²) in [6.07, 6.45) is -0.677. The van der Waals surface area contributed by atoms with E-state index in [0.29, 0.717) is 17.3 Å². The number of rotatable bonds is 7. The van der Waals surface area contributed by atoms with Crippen molar-refractivity contribution in [3.05, 3.63) is 46.7 Å². The van der Waals surface area contributed by atoms with Crippen LogP contribution in [-0.4, -0.2) is 35.3 Å². The fourth-order valence-corrected chi connectivity index (χ4v) is 2.43. The smallest absolute Gasteiger partial charge is 0.412 e. The number of aromatic nitrogens is 1. The van der Waals surface area contributed by atoms with Gasteiger partial charge in [-0.05, 0) is 11.6 Å². The molecule has 2 rings (SSSR count). The van der Waals surface area contributed by atoms with Crippen molar-refractivity contribution < 1.29 is 18.8 Å². The summed E-state index contributed by atoms with van der Waals surface area (Å²) in [5, 5.41) is 8.26. The standard InChI is InChI=1S/C19H25ClN4O4/c1-13(25)24(21-12-14-7-5-6-8-15(14)20)9-10-27-18(26)22-17-11-16(28-23-17)19(2,3)4/h5-8,11,21H,9-10,12H2,1-4H3,(H,22,23,26). The largest absolute Gasteiger partial charge is 0.447 e. The molecule has 2 N–H and O–H groups in total. The SMILES string of the molecule is CC(=O)N(CCOC(=O)Nc1cc(C(C)(C)C)on1)NCc1ccccc1Cl. The summed E-state index contributed by atoms with van der Waals surface area (Å²) in [7, 11) is 0. The number of carbonyl (C=O) groups is 2. The Balaban J connectivity index is 1.79. The Bertz CT molecular complexity index is 816. The maximum Gasteiger partial charge on any atom is 0.412 e. The summed E-state index contributed by atoms with van der Waals surface area (Å²) >= 11 is 6.11. The van der Waals surface area contributed by atoms with Crippen LogP contribution in [0.4, 0.5) is 10.6 Å². The zero-order valence-electron chi connectivity index (χ0n) is 16.4. The molecule has 152 valence electrons. The van der Waals surface area contributed by atoms with Gasteiger partial charge in [0.1, 0.15) is 12.4 Å². The summed E-state index contributed by atoms with van der Waals surface area (Å²) in [6, 6.07) is 8.98. The molecular formula is C19H25ClN4O4.